The van der Waals surface area contributed by atoms with Gasteiger partial charge in [-0.05, 0) is 0 Å². The maximum absolute atomic E-state index is 9.92. The van der Waals surface area contributed by atoms with Crippen molar-refractivity contribution in [3.63, 3.8) is 0 Å². The Morgan fingerprint density at radius 1 is 1.64 bits per heavy atom. The van der Waals surface area contributed by atoms with Gasteiger partial charge in [0.1, 0.15) is 6.54 Å². The quantitative estimate of drug-likeness (QED) is 0.301. The molecule has 0 heterocycles. The molecule has 0 aromatic rings. The van der Waals surface area contributed by atoms with E-state index >= 15 is 0 Å². The Morgan fingerprint density at radius 2 is 2.00 bits per heavy atom. The smallest absolute Gasteiger partial charge is 0.323 e. The van der Waals surface area contributed by atoms with Crippen molar-refractivity contribution in [2.75, 3.05) is 13.6 Å². The Balaban J connectivity index is -0.000000320. The second-order valence-corrected chi connectivity index (χ2v) is 1.64. The van der Waals surface area contributed by atoms with E-state index in [2.05, 4.69) is 0 Å². The van der Waals surface area contributed by atoms with Gasteiger partial charge in [0.15, 0.2) is 5.96 Å². The summed E-state index contributed by atoms with van der Waals surface area (Å²) in [6.07, 6.45) is 0. The number of likely N-dealkylation sites (N-methyl/N-ethyl adjacent to an activating group) is 1. The summed E-state index contributed by atoms with van der Waals surface area (Å²) in [4.78, 5) is 11.0. The van der Waals surface area contributed by atoms with Gasteiger partial charge < -0.3 is 26.7 Å². The van der Waals surface area contributed by atoms with Gasteiger partial charge >= 0.3 is 5.97 Å². The van der Waals surface area contributed by atoms with Crippen molar-refractivity contribution < 1.29 is 20.9 Å². The lowest BCUT2D eigenvalue weighted by molar-refractivity contribution is -0.137. The molecule has 0 aliphatic rings. The molecule has 0 radical (unpaired) electrons. The van der Waals surface area contributed by atoms with E-state index in [1.165, 1.54) is 7.05 Å². The number of hydrogen-bond acceptors (Lipinski definition) is 2. The Hall–Kier alpha value is -1.34. The van der Waals surface area contributed by atoms with Crippen molar-refractivity contribution in [3.05, 3.63) is 0 Å². The van der Waals surface area contributed by atoms with Crippen LogP contribution in [0.5, 0.6) is 0 Å². The highest BCUT2D eigenvalue weighted by atomic mass is 16.4. The molecular formula is C4H13N3O4. The van der Waals surface area contributed by atoms with E-state index < -0.39 is 5.97 Å². The first-order valence-corrected chi connectivity index (χ1v) is 2.31. The van der Waals surface area contributed by atoms with E-state index in [0.717, 1.165) is 4.90 Å². The number of nitrogens with zero attached hydrogens (tertiary/aromatic N) is 1. The number of carboxylic acid groups (broad SMARTS) is 1. The van der Waals surface area contributed by atoms with Gasteiger partial charge in [0, 0.05) is 7.05 Å². The zero-order chi connectivity index (χ0) is 7.44. The predicted octanol–water partition coefficient (Wildman–Crippen LogP) is -2.75. The molecule has 0 unspecified atom stereocenters. The number of aliphatic carboxylic acids is 1. The van der Waals surface area contributed by atoms with Crippen molar-refractivity contribution in [2.24, 2.45) is 5.73 Å². The van der Waals surface area contributed by atoms with Crippen molar-refractivity contribution >= 4 is 11.9 Å². The topological polar surface area (TPSA) is 153 Å². The monoisotopic (exact) mass is 167 g/mol. The molecule has 0 spiro atoms. The predicted molar refractivity (Wildman–Crippen MR) is 39.4 cm³/mol. The molecule has 0 aromatic heterocycles. The number of nitrogens with two attached hydrogens (primary N) is 1. The molecule has 0 aliphatic carbocycles. The lowest BCUT2D eigenvalue weighted by atomic mass is 10.6. The second-order valence-electron chi connectivity index (χ2n) is 1.64. The molecule has 0 aliphatic heterocycles. The molecule has 7 heteroatoms. The fourth-order valence-electron chi connectivity index (χ4n) is 0.288. The molecular weight excluding hydrogens is 154 g/mol. The third-order valence-electron chi connectivity index (χ3n) is 0.784. The van der Waals surface area contributed by atoms with E-state index in [-0.39, 0.29) is 23.5 Å². The highest BCUT2D eigenvalue weighted by Crippen LogP contribution is 1.76. The zero-order valence-corrected chi connectivity index (χ0v) is 6.09. The molecule has 8 N–H and O–H groups in total. The third-order valence-corrected chi connectivity index (χ3v) is 0.784. The summed E-state index contributed by atoms with van der Waals surface area (Å²) in [5, 5.41) is 14.9. The normalized spacial score (nSPS) is 7.00. The van der Waals surface area contributed by atoms with E-state index in [0.29, 0.717) is 0 Å². The van der Waals surface area contributed by atoms with Gasteiger partial charge in [0.25, 0.3) is 0 Å². The van der Waals surface area contributed by atoms with Crippen LogP contribution in [0.15, 0.2) is 0 Å². The van der Waals surface area contributed by atoms with Crippen LogP contribution in [0.3, 0.4) is 0 Å². The number of carboxylic acids is 1. The SMILES string of the molecule is CN(CC(=O)O)C(=N)N.O.O. The molecule has 11 heavy (non-hydrogen) atoms. The lowest BCUT2D eigenvalue weighted by Gasteiger charge is -2.12. The fourth-order valence-corrected chi connectivity index (χ4v) is 0.288. The van der Waals surface area contributed by atoms with Crippen LogP contribution in [0.1, 0.15) is 0 Å². The number of nitrogens with one attached hydrogen (secondary N) is 1. The number of guanidine groups is 1. The van der Waals surface area contributed by atoms with Crippen molar-refractivity contribution in [1.82, 2.24) is 4.90 Å². The zero-order valence-electron chi connectivity index (χ0n) is 6.09. The van der Waals surface area contributed by atoms with Gasteiger partial charge in [0.05, 0.1) is 0 Å². The lowest BCUT2D eigenvalue weighted by Crippen LogP contribution is -2.36. The Kier molecular flexibility index (Phi) is 10.1. The summed E-state index contributed by atoms with van der Waals surface area (Å²) in [6, 6.07) is 0. The number of carbonyl (C=O) groups is 1. The fraction of sp³-hybridized carbons (Fsp3) is 0.500. The molecule has 0 atom stereocenters. The van der Waals surface area contributed by atoms with Crippen LogP contribution in [0.25, 0.3) is 0 Å². The molecule has 0 fully saturated rings. The van der Waals surface area contributed by atoms with Gasteiger partial charge in [-0.15, -0.1) is 0 Å². The van der Waals surface area contributed by atoms with Crippen LogP contribution in [0.4, 0.5) is 0 Å². The van der Waals surface area contributed by atoms with Gasteiger partial charge in [-0.3, -0.25) is 10.2 Å². The van der Waals surface area contributed by atoms with Crippen LogP contribution in [0.2, 0.25) is 0 Å². The van der Waals surface area contributed by atoms with E-state index in [9.17, 15) is 4.79 Å². The van der Waals surface area contributed by atoms with Crippen molar-refractivity contribution in [3.8, 4) is 0 Å². The highest BCUT2D eigenvalue weighted by Gasteiger charge is 2.03. The van der Waals surface area contributed by atoms with Gasteiger partial charge in [-0.25, -0.2) is 0 Å². The molecule has 7 nitrogen and oxygen atoms in total. The van der Waals surface area contributed by atoms with Gasteiger partial charge in [-0.2, -0.15) is 0 Å². The summed E-state index contributed by atoms with van der Waals surface area (Å²) < 4.78 is 0. The molecule has 0 amide bonds. The molecule has 0 bridgehead atoms. The van der Waals surface area contributed by atoms with Gasteiger partial charge in [0.2, 0.25) is 0 Å². The standard InChI is InChI=1S/C4H9N3O2.2H2O/c1-7(4(5)6)2-3(8)9;;/h2H2,1H3,(H3,5,6)(H,8,9);2*1H2. The first kappa shape index (κ1) is 16.3. The van der Waals surface area contributed by atoms with Crippen molar-refractivity contribution in [1.29, 1.82) is 5.41 Å². The average Bonchev–Trinajstić information content (AvgIpc) is 1.63. The first-order chi connectivity index (χ1) is 4.04. The number of rotatable bonds is 2. The summed E-state index contributed by atoms with van der Waals surface area (Å²) in [5.41, 5.74) is 4.93. The first-order valence-electron chi connectivity index (χ1n) is 2.31. The van der Waals surface area contributed by atoms with E-state index in [1.807, 2.05) is 0 Å². The molecule has 0 saturated heterocycles. The van der Waals surface area contributed by atoms with E-state index in [4.69, 9.17) is 16.2 Å². The Bertz CT molecular complexity index is 137. The third kappa shape index (κ3) is 8.66. The molecule has 0 aromatic carbocycles. The highest BCUT2D eigenvalue weighted by molar-refractivity contribution is 5.79. The molecule has 68 valence electrons. The minimum Gasteiger partial charge on any atom is -0.480 e. The minimum atomic E-state index is -0.993. The largest absolute Gasteiger partial charge is 0.480 e. The Morgan fingerprint density at radius 3 is 2.09 bits per heavy atom. The maximum atomic E-state index is 9.92. The summed E-state index contributed by atoms with van der Waals surface area (Å²) in [5.74, 6) is -1.23. The summed E-state index contributed by atoms with van der Waals surface area (Å²) in [7, 11) is 1.44. The van der Waals surface area contributed by atoms with Crippen molar-refractivity contribution in [2.45, 2.75) is 0 Å². The second kappa shape index (κ2) is 6.78. The summed E-state index contributed by atoms with van der Waals surface area (Å²) in [6.45, 7) is -0.227. The molecule has 0 saturated carbocycles. The van der Waals surface area contributed by atoms with Gasteiger partial charge in [-0.1, -0.05) is 0 Å². The van der Waals surface area contributed by atoms with Crippen LogP contribution >= 0.6 is 0 Å². The summed E-state index contributed by atoms with van der Waals surface area (Å²) >= 11 is 0. The number of hydrogen-bond donors (Lipinski definition) is 3. The molecule has 0 rings (SSSR count). The minimum absolute atomic E-state index is 0. The Labute approximate surface area is 63.5 Å². The average molecular weight is 167 g/mol. The van der Waals surface area contributed by atoms with Crippen LogP contribution < -0.4 is 5.73 Å². The van der Waals surface area contributed by atoms with E-state index in [1.54, 1.807) is 0 Å². The van der Waals surface area contributed by atoms with Crippen LogP contribution in [-0.2, 0) is 4.79 Å². The maximum Gasteiger partial charge on any atom is 0.323 e. The van der Waals surface area contributed by atoms with Crippen LogP contribution in [0, 0.1) is 5.41 Å². The van der Waals surface area contributed by atoms with Crippen LogP contribution in [-0.4, -0.2) is 46.5 Å².